The lowest BCUT2D eigenvalue weighted by Gasteiger charge is -2.19. The molecule has 0 fully saturated rings. The summed E-state index contributed by atoms with van der Waals surface area (Å²) >= 11 is 0. The normalized spacial score (nSPS) is 12.0. The van der Waals surface area contributed by atoms with Gasteiger partial charge in [-0.05, 0) is 30.2 Å². The first kappa shape index (κ1) is 26.7. The molecule has 0 bridgehead atoms. The molecule has 0 aliphatic heterocycles. The number of aryl methyl sites for hydroxylation is 1. The van der Waals surface area contributed by atoms with E-state index in [0.717, 1.165) is 39.3 Å². The standard InChI is InChI=1S/C39H33N3O/c1-28-22-23-35-34(24-28)36(29-14-6-2-7-15-29)38(31-18-10-4-11-19-31)42(35)26-33(43)25-41-27-40-37(30-16-8-3-9-17-30)39(41)32-20-12-5-13-21-32/h2-24,27,33,43H,25-26H2,1H3. The van der Waals surface area contributed by atoms with Gasteiger partial charge in [0.1, 0.15) is 0 Å². The van der Waals surface area contributed by atoms with E-state index in [9.17, 15) is 5.11 Å². The average molecular weight is 560 g/mol. The van der Waals surface area contributed by atoms with Crippen LogP contribution in [0.15, 0.2) is 146 Å². The molecule has 4 heteroatoms. The maximum Gasteiger partial charge on any atom is 0.0963 e. The summed E-state index contributed by atoms with van der Waals surface area (Å²) in [6, 6.07) is 48.3. The van der Waals surface area contributed by atoms with Gasteiger partial charge in [-0.1, -0.05) is 133 Å². The van der Waals surface area contributed by atoms with Crippen molar-refractivity contribution in [2.75, 3.05) is 0 Å². The Kier molecular flexibility index (Phi) is 7.20. The molecule has 1 atom stereocenters. The molecule has 7 rings (SSSR count). The molecule has 0 spiro atoms. The number of aromatic nitrogens is 3. The zero-order valence-corrected chi connectivity index (χ0v) is 24.1. The Morgan fingerprint density at radius 2 is 1.14 bits per heavy atom. The minimum absolute atomic E-state index is 0.407. The van der Waals surface area contributed by atoms with E-state index in [1.54, 1.807) is 0 Å². The van der Waals surface area contributed by atoms with Crippen molar-refractivity contribution in [3.05, 3.63) is 151 Å². The van der Waals surface area contributed by atoms with E-state index in [2.05, 4.69) is 113 Å². The highest BCUT2D eigenvalue weighted by Crippen LogP contribution is 2.41. The first-order valence-corrected chi connectivity index (χ1v) is 14.7. The lowest BCUT2D eigenvalue weighted by molar-refractivity contribution is 0.137. The molecule has 7 aromatic rings. The van der Waals surface area contributed by atoms with Crippen molar-refractivity contribution in [3.8, 4) is 44.9 Å². The summed E-state index contributed by atoms with van der Waals surface area (Å²) in [4.78, 5) is 4.84. The molecule has 2 aromatic heterocycles. The second-order valence-corrected chi connectivity index (χ2v) is 11.1. The molecule has 0 aliphatic carbocycles. The fourth-order valence-corrected chi connectivity index (χ4v) is 6.17. The van der Waals surface area contributed by atoms with Crippen molar-refractivity contribution in [1.82, 2.24) is 14.1 Å². The van der Waals surface area contributed by atoms with Crippen LogP contribution in [0.3, 0.4) is 0 Å². The van der Waals surface area contributed by atoms with Crippen LogP contribution in [-0.4, -0.2) is 25.3 Å². The van der Waals surface area contributed by atoms with Crippen LogP contribution in [0, 0.1) is 6.92 Å². The average Bonchev–Trinajstić information content (AvgIpc) is 3.61. The molecule has 0 radical (unpaired) electrons. The SMILES string of the molecule is Cc1ccc2c(c1)c(-c1ccccc1)c(-c1ccccc1)n2CC(O)Cn1cnc(-c2ccccc2)c1-c1ccccc1. The van der Waals surface area contributed by atoms with Crippen LogP contribution < -0.4 is 0 Å². The molecule has 5 aromatic carbocycles. The Labute approximate surface area is 252 Å². The van der Waals surface area contributed by atoms with E-state index < -0.39 is 6.10 Å². The Morgan fingerprint density at radius 3 is 1.74 bits per heavy atom. The number of nitrogens with zero attached hydrogens (tertiary/aromatic N) is 3. The number of benzene rings is 5. The number of aliphatic hydroxyl groups is 1. The van der Waals surface area contributed by atoms with Crippen molar-refractivity contribution >= 4 is 10.9 Å². The molecule has 0 aliphatic rings. The fourth-order valence-electron chi connectivity index (χ4n) is 6.17. The predicted molar refractivity (Wildman–Crippen MR) is 177 cm³/mol. The third-order valence-corrected chi connectivity index (χ3v) is 8.06. The Bertz CT molecular complexity index is 1980. The number of rotatable bonds is 8. The van der Waals surface area contributed by atoms with Crippen molar-refractivity contribution in [2.24, 2.45) is 0 Å². The van der Waals surface area contributed by atoms with Gasteiger partial charge in [0, 0.05) is 27.6 Å². The van der Waals surface area contributed by atoms with Crippen LogP contribution in [0.25, 0.3) is 55.8 Å². The van der Waals surface area contributed by atoms with Crippen LogP contribution in [0.4, 0.5) is 0 Å². The second-order valence-electron chi connectivity index (χ2n) is 11.1. The smallest absolute Gasteiger partial charge is 0.0963 e. The molecule has 210 valence electrons. The topological polar surface area (TPSA) is 43.0 Å². The molecule has 1 N–H and O–H groups in total. The third-order valence-electron chi connectivity index (χ3n) is 8.06. The minimum atomic E-state index is -0.664. The maximum atomic E-state index is 11.8. The summed E-state index contributed by atoms with van der Waals surface area (Å²) in [5, 5.41) is 13.0. The summed E-state index contributed by atoms with van der Waals surface area (Å²) in [5.74, 6) is 0. The van der Waals surface area contributed by atoms with Gasteiger partial charge in [0.25, 0.3) is 0 Å². The van der Waals surface area contributed by atoms with Crippen molar-refractivity contribution in [1.29, 1.82) is 0 Å². The van der Waals surface area contributed by atoms with Gasteiger partial charge in [0.2, 0.25) is 0 Å². The van der Waals surface area contributed by atoms with Gasteiger partial charge >= 0.3 is 0 Å². The van der Waals surface area contributed by atoms with E-state index in [-0.39, 0.29) is 0 Å². The molecule has 0 amide bonds. The zero-order valence-electron chi connectivity index (χ0n) is 24.1. The zero-order chi connectivity index (χ0) is 29.2. The monoisotopic (exact) mass is 559 g/mol. The Morgan fingerprint density at radius 1 is 0.605 bits per heavy atom. The van der Waals surface area contributed by atoms with Gasteiger partial charge in [0.05, 0.1) is 42.6 Å². The number of fused-ring (bicyclic) bond motifs is 1. The van der Waals surface area contributed by atoms with Crippen molar-refractivity contribution in [3.63, 3.8) is 0 Å². The number of hydrogen-bond donors (Lipinski definition) is 1. The summed E-state index contributed by atoms with van der Waals surface area (Å²) in [6.07, 6.45) is 1.20. The first-order valence-electron chi connectivity index (χ1n) is 14.7. The van der Waals surface area contributed by atoms with Crippen LogP contribution in [0.1, 0.15) is 5.56 Å². The van der Waals surface area contributed by atoms with E-state index >= 15 is 0 Å². The summed E-state index contributed by atoms with van der Waals surface area (Å²) in [5.41, 5.74) is 11.0. The second kappa shape index (κ2) is 11.6. The van der Waals surface area contributed by atoms with Crippen molar-refractivity contribution in [2.45, 2.75) is 26.1 Å². The van der Waals surface area contributed by atoms with Gasteiger partial charge in [-0.25, -0.2) is 4.98 Å². The first-order chi connectivity index (χ1) is 21.2. The third kappa shape index (κ3) is 5.18. The van der Waals surface area contributed by atoms with Gasteiger partial charge in [0.15, 0.2) is 0 Å². The number of imidazole rings is 1. The minimum Gasteiger partial charge on any atom is -0.389 e. The summed E-state index contributed by atoms with van der Waals surface area (Å²) < 4.78 is 4.40. The van der Waals surface area contributed by atoms with Crippen LogP contribution in [0.5, 0.6) is 0 Å². The number of hydrogen-bond acceptors (Lipinski definition) is 2. The Balaban J connectivity index is 1.34. The lowest BCUT2D eigenvalue weighted by atomic mass is 9.98. The lowest BCUT2D eigenvalue weighted by Crippen LogP contribution is -2.22. The molecule has 4 nitrogen and oxygen atoms in total. The quantitative estimate of drug-likeness (QED) is 0.202. The molecule has 1 unspecified atom stereocenters. The highest BCUT2D eigenvalue weighted by molar-refractivity contribution is 6.04. The predicted octanol–water partition coefficient (Wildman–Crippen LogP) is 8.88. The van der Waals surface area contributed by atoms with E-state index in [1.807, 2.05) is 48.8 Å². The summed E-state index contributed by atoms with van der Waals surface area (Å²) in [7, 11) is 0. The maximum absolute atomic E-state index is 11.8. The number of aliphatic hydroxyl groups excluding tert-OH is 1. The molecule has 2 heterocycles. The van der Waals surface area contributed by atoms with Crippen LogP contribution >= 0.6 is 0 Å². The van der Waals surface area contributed by atoms with Gasteiger partial charge in [-0.3, -0.25) is 0 Å². The van der Waals surface area contributed by atoms with E-state index in [4.69, 9.17) is 4.98 Å². The molecular formula is C39H33N3O. The van der Waals surface area contributed by atoms with Gasteiger partial charge in [-0.2, -0.15) is 0 Å². The largest absolute Gasteiger partial charge is 0.389 e. The fraction of sp³-hybridized carbons (Fsp3) is 0.103. The van der Waals surface area contributed by atoms with E-state index in [1.165, 1.54) is 22.1 Å². The van der Waals surface area contributed by atoms with Crippen LogP contribution in [0.2, 0.25) is 0 Å². The highest BCUT2D eigenvalue weighted by Gasteiger charge is 2.23. The summed E-state index contributed by atoms with van der Waals surface area (Å²) in [6.45, 7) is 2.98. The molecule has 43 heavy (non-hydrogen) atoms. The van der Waals surface area contributed by atoms with Crippen LogP contribution in [-0.2, 0) is 13.1 Å². The van der Waals surface area contributed by atoms with Gasteiger partial charge < -0.3 is 14.2 Å². The van der Waals surface area contributed by atoms with Gasteiger partial charge in [-0.15, -0.1) is 0 Å². The molecule has 0 saturated carbocycles. The molecule has 0 saturated heterocycles. The van der Waals surface area contributed by atoms with Crippen molar-refractivity contribution < 1.29 is 5.11 Å². The highest BCUT2D eigenvalue weighted by atomic mass is 16.3. The van der Waals surface area contributed by atoms with E-state index in [0.29, 0.717) is 13.1 Å². The Hall–Kier alpha value is -5.19. The molecular weight excluding hydrogens is 526 g/mol.